The summed E-state index contributed by atoms with van der Waals surface area (Å²) in [7, 11) is 0. The van der Waals surface area contributed by atoms with E-state index >= 15 is 0 Å². The van der Waals surface area contributed by atoms with E-state index in [2.05, 4.69) is 4.99 Å². The quantitative estimate of drug-likeness (QED) is 0.642. The molecule has 0 aromatic heterocycles. The van der Waals surface area contributed by atoms with Gasteiger partial charge in [0.2, 0.25) is 5.91 Å². The topological polar surface area (TPSA) is 38.7 Å². The number of ether oxygens (including phenoxy) is 1. The molecule has 0 saturated carbocycles. The van der Waals surface area contributed by atoms with Crippen LogP contribution in [0.1, 0.15) is 20.3 Å². The van der Waals surface area contributed by atoms with Crippen LogP contribution in [0.5, 0.6) is 0 Å². The van der Waals surface area contributed by atoms with Crippen LogP contribution < -0.4 is 0 Å². The molecular formula is C11H15NO2. The molecule has 0 aromatic rings. The van der Waals surface area contributed by atoms with Crippen molar-refractivity contribution in [3.05, 3.63) is 24.3 Å². The molecular weight excluding hydrogens is 178 g/mol. The van der Waals surface area contributed by atoms with E-state index in [1.165, 1.54) is 6.92 Å². The van der Waals surface area contributed by atoms with Gasteiger partial charge in [0.15, 0.2) is 0 Å². The highest BCUT2D eigenvalue weighted by atomic mass is 16.5. The fourth-order valence-corrected chi connectivity index (χ4v) is 1.33. The lowest BCUT2D eigenvalue weighted by molar-refractivity contribution is -0.115. The van der Waals surface area contributed by atoms with Crippen LogP contribution in [0.3, 0.4) is 0 Å². The molecule has 1 rings (SSSR count). The molecule has 0 aromatic carbocycles. The number of amides is 1. The standard InChI is InChI=1S/C11H15NO2/c1-3-14-11(9-12-10(2)13)7-5-4-6-8-11/h4-7,9H,3,8H2,1-2H3/b12-9-. The molecule has 0 radical (unpaired) electrons. The van der Waals surface area contributed by atoms with Crippen LogP contribution >= 0.6 is 0 Å². The molecule has 0 fully saturated rings. The smallest absolute Gasteiger partial charge is 0.242 e. The van der Waals surface area contributed by atoms with Gasteiger partial charge in [0, 0.05) is 26.2 Å². The first-order valence-corrected chi connectivity index (χ1v) is 4.72. The van der Waals surface area contributed by atoms with Gasteiger partial charge in [-0.3, -0.25) is 4.79 Å². The van der Waals surface area contributed by atoms with Gasteiger partial charge in [-0.15, -0.1) is 0 Å². The third kappa shape index (κ3) is 2.92. The Bertz CT molecular complexity index is 292. The molecule has 1 aliphatic carbocycles. The maximum atomic E-state index is 10.7. The molecule has 0 N–H and O–H groups in total. The van der Waals surface area contributed by atoms with Crippen molar-refractivity contribution in [2.75, 3.05) is 6.61 Å². The maximum absolute atomic E-state index is 10.7. The zero-order valence-electron chi connectivity index (χ0n) is 8.56. The zero-order valence-corrected chi connectivity index (χ0v) is 8.56. The second-order valence-electron chi connectivity index (χ2n) is 3.16. The highest BCUT2D eigenvalue weighted by Gasteiger charge is 2.25. The molecule has 0 aliphatic heterocycles. The monoisotopic (exact) mass is 193 g/mol. The van der Waals surface area contributed by atoms with Crippen molar-refractivity contribution in [1.29, 1.82) is 0 Å². The summed E-state index contributed by atoms with van der Waals surface area (Å²) < 4.78 is 5.58. The Morgan fingerprint density at radius 2 is 2.43 bits per heavy atom. The van der Waals surface area contributed by atoms with Crippen LogP contribution in [0.25, 0.3) is 0 Å². The van der Waals surface area contributed by atoms with Crippen molar-refractivity contribution in [1.82, 2.24) is 0 Å². The Kier molecular flexibility index (Phi) is 3.77. The first kappa shape index (κ1) is 10.9. The van der Waals surface area contributed by atoms with Crippen LogP contribution in [0.15, 0.2) is 29.3 Å². The molecule has 0 spiro atoms. The summed E-state index contributed by atoms with van der Waals surface area (Å²) in [5, 5.41) is 0. The van der Waals surface area contributed by atoms with Gasteiger partial charge < -0.3 is 4.74 Å². The molecule has 1 atom stereocenters. The van der Waals surface area contributed by atoms with E-state index in [9.17, 15) is 4.79 Å². The van der Waals surface area contributed by atoms with E-state index in [1.54, 1.807) is 6.21 Å². The van der Waals surface area contributed by atoms with E-state index < -0.39 is 5.60 Å². The molecule has 14 heavy (non-hydrogen) atoms. The normalized spacial score (nSPS) is 25.9. The highest BCUT2D eigenvalue weighted by Crippen LogP contribution is 2.20. The number of hydrogen-bond donors (Lipinski definition) is 0. The highest BCUT2D eigenvalue weighted by molar-refractivity contribution is 5.87. The van der Waals surface area contributed by atoms with Crippen molar-refractivity contribution >= 4 is 12.1 Å². The number of nitrogens with zero attached hydrogens (tertiary/aromatic N) is 1. The van der Waals surface area contributed by atoms with Crippen molar-refractivity contribution in [3.63, 3.8) is 0 Å². The van der Waals surface area contributed by atoms with Gasteiger partial charge in [0.25, 0.3) is 0 Å². The molecule has 0 heterocycles. The summed E-state index contributed by atoms with van der Waals surface area (Å²) in [5.74, 6) is -0.202. The Morgan fingerprint density at radius 1 is 1.64 bits per heavy atom. The number of carbonyl (C=O) groups is 1. The summed E-state index contributed by atoms with van der Waals surface area (Å²) in [6, 6.07) is 0. The van der Waals surface area contributed by atoms with Gasteiger partial charge in [-0.1, -0.05) is 18.2 Å². The van der Waals surface area contributed by atoms with Crippen molar-refractivity contribution in [2.24, 2.45) is 4.99 Å². The number of carbonyl (C=O) groups excluding carboxylic acids is 1. The van der Waals surface area contributed by atoms with Crippen molar-refractivity contribution in [3.8, 4) is 0 Å². The summed E-state index contributed by atoms with van der Waals surface area (Å²) in [4.78, 5) is 14.5. The Morgan fingerprint density at radius 3 is 2.93 bits per heavy atom. The lowest BCUT2D eigenvalue weighted by Gasteiger charge is -2.26. The number of allylic oxidation sites excluding steroid dienone is 2. The minimum absolute atomic E-state index is 0.202. The molecule has 1 aliphatic rings. The Hall–Kier alpha value is -1.22. The van der Waals surface area contributed by atoms with E-state index in [0.717, 1.165) is 6.42 Å². The molecule has 0 bridgehead atoms. The predicted molar refractivity (Wildman–Crippen MR) is 56.4 cm³/mol. The fraction of sp³-hybridized carbons (Fsp3) is 0.455. The molecule has 1 amide bonds. The van der Waals surface area contributed by atoms with Crippen molar-refractivity contribution in [2.45, 2.75) is 25.9 Å². The van der Waals surface area contributed by atoms with Crippen LogP contribution in [0.4, 0.5) is 0 Å². The maximum Gasteiger partial charge on any atom is 0.242 e. The minimum Gasteiger partial charge on any atom is -0.365 e. The van der Waals surface area contributed by atoms with Crippen LogP contribution in [-0.4, -0.2) is 24.3 Å². The largest absolute Gasteiger partial charge is 0.365 e. The number of hydrogen-bond acceptors (Lipinski definition) is 2. The summed E-state index contributed by atoms with van der Waals surface area (Å²) >= 11 is 0. The molecule has 76 valence electrons. The van der Waals surface area contributed by atoms with E-state index in [4.69, 9.17) is 4.74 Å². The summed E-state index contributed by atoms with van der Waals surface area (Å²) in [6.07, 6.45) is 10.1. The third-order valence-electron chi connectivity index (χ3n) is 1.94. The average molecular weight is 193 g/mol. The van der Waals surface area contributed by atoms with E-state index in [-0.39, 0.29) is 5.91 Å². The first-order valence-electron chi connectivity index (χ1n) is 4.72. The molecule has 3 heteroatoms. The van der Waals surface area contributed by atoms with Gasteiger partial charge >= 0.3 is 0 Å². The summed E-state index contributed by atoms with van der Waals surface area (Å²) in [5.41, 5.74) is -0.519. The zero-order chi connectivity index (χ0) is 10.4. The Balaban J connectivity index is 2.77. The molecule has 1 unspecified atom stereocenters. The average Bonchev–Trinajstić information content (AvgIpc) is 2.17. The Labute approximate surface area is 84.2 Å². The van der Waals surface area contributed by atoms with Crippen LogP contribution in [-0.2, 0) is 9.53 Å². The first-order chi connectivity index (χ1) is 6.68. The second-order valence-corrected chi connectivity index (χ2v) is 3.16. The predicted octanol–water partition coefficient (Wildman–Crippen LogP) is 1.90. The van der Waals surface area contributed by atoms with Gasteiger partial charge in [-0.2, -0.15) is 0 Å². The number of aliphatic imine (C=N–C) groups is 1. The van der Waals surface area contributed by atoms with Crippen molar-refractivity contribution < 1.29 is 9.53 Å². The molecule has 0 saturated heterocycles. The van der Waals surface area contributed by atoms with E-state index in [0.29, 0.717) is 6.61 Å². The second kappa shape index (κ2) is 4.86. The fourth-order valence-electron chi connectivity index (χ4n) is 1.33. The third-order valence-corrected chi connectivity index (χ3v) is 1.94. The number of rotatable bonds is 3. The van der Waals surface area contributed by atoms with Crippen LogP contribution in [0, 0.1) is 0 Å². The van der Waals surface area contributed by atoms with Gasteiger partial charge in [-0.05, 0) is 13.0 Å². The van der Waals surface area contributed by atoms with Gasteiger partial charge in [-0.25, -0.2) is 4.99 Å². The van der Waals surface area contributed by atoms with Gasteiger partial charge in [0.05, 0.1) is 0 Å². The lowest BCUT2D eigenvalue weighted by Crippen LogP contribution is -2.33. The minimum atomic E-state index is -0.519. The van der Waals surface area contributed by atoms with Gasteiger partial charge in [0.1, 0.15) is 5.60 Å². The molecule has 3 nitrogen and oxygen atoms in total. The summed E-state index contributed by atoms with van der Waals surface area (Å²) in [6.45, 7) is 3.95. The lowest BCUT2D eigenvalue weighted by atomic mass is 9.96. The SMILES string of the molecule is CCOC1(/C=N\C(C)=O)C=CC=CC1. The van der Waals surface area contributed by atoms with E-state index in [1.807, 2.05) is 31.2 Å². The van der Waals surface area contributed by atoms with Crippen LogP contribution in [0.2, 0.25) is 0 Å².